The molecule has 0 atom stereocenters. The van der Waals surface area contributed by atoms with Crippen LogP contribution in [0.1, 0.15) is 5.56 Å². The van der Waals surface area contributed by atoms with Crippen LogP contribution in [-0.2, 0) is 6.54 Å². The van der Waals surface area contributed by atoms with Crippen LogP contribution in [-0.4, -0.2) is 11.7 Å². The summed E-state index contributed by atoms with van der Waals surface area (Å²) < 4.78 is 10.4. The van der Waals surface area contributed by atoms with Crippen LogP contribution in [0, 0.1) is 10.1 Å². The molecule has 6 nitrogen and oxygen atoms in total. The van der Waals surface area contributed by atoms with E-state index in [0.717, 1.165) is 5.56 Å². The lowest BCUT2D eigenvalue weighted by Crippen LogP contribution is -2.02. The summed E-state index contributed by atoms with van der Waals surface area (Å²) in [5.41, 5.74) is 1.44. The average molecular weight is 272 g/mol. The van der Waals surface area contributed by atoms with Gasteiger partial charge in [0.2, 0.25) is 6.79 Å². The number of anilines is 1. The van der Waals surface area contributed by atoms with E-state index in [-0.39, 0.29) is 12.5 Å². The zero-order valence-electron chi connectivity index (χ0n) is 10.5. The highest BCUT2D eigenvalue weighted by atomic mass is 16.7. The molecule has 2 aromatic carbocycles. The number of hydrogen-bond acceptors (Lipinski definition) is 5. The third kappa shape index (κ3) is 2.35. The third-order valence-corrected chi connectivity index (χ3v) is 3.01. The lowest BCUT2D eigenvalue weighted by atomic mass is 10.2. The molecule has 1 aliphatic rings. The van der Waals surface area contributed by atoms with E-state index >= 15 is 0 Å². The second-order valence-corrected chi connectivity index (χ2v) is 4.32. The fourth-order valence-electron chi connectivity index (χ4n) is 2.02. The van der Waals surface area contributed by atoms with Gasteiger partial charge in [-0.3, -0.25) is 10.1 Å². The highest BCUT2D eigenvalue weighted by molar-refractivity contribution is 5.69. The number of nitro groups is 1. The Morgan fingerprint density at radius 3 is 2.55 bits per heavy atom. The van der Waals surface area contributed by atoms with Crippen LogP contribution in [0.15, 0.2) is 42.5 Å². The Balaban J connectivity index is 1.86. The van der Waals surface area contributed by atoms with Crippen molar-refractivity contribution >= 4 is 11.4 Å². The molecule has 0 aliphatic carbocycles. The van der Waals surface area contributed by atoms with Gasteiger partial charge in [-0.2, -0.15) is 0 Å². The largest absolute Gasteiger partial charge is 0.454 e. The van der Waals surface area contributed by atoms with E-state index in [0.29, 0.717) is 23.7 Å². The summed E-state index contributed by atoms with van der Waals surface area (Å²) in [7, 11) is 0. The molecule has 3 rings (SSSR count). The van der Waals surface area contributed by atoms with Gasteiger partial charge in [0, 0.05) is 12.6 Å². The Labute approximate surface area is 115 Å². The van der Waals surface area contributed by atoms with E-state index in [1.165, 1.54) is 6.07 Å². The summed E-state index contributed by atoms with van der Waals surface area (Å²) in [5, 5.41) is 14.2. The Bertz CT molecular complexity index is 643. The van der Waals surface area contributed by atoms with Crippen molar-refractivity contribution in [2.24, 2.45) is 0 Å². The first-order chi connectivity index (χ1) is 9.74. The van der Waals surface area contributed by atoms with Crippen LogP contribution < -0.4 is 14.8 Å². The molecule has 2 aromatic rings. The van der Waals surface area contributed by atoms with E-state index in [1.54, 1.807) is 6.07 Å². The minimum absolute atomic E-state index is 0.0230. The molecule has 1 aliphatic heterocycles. The van der Waals surface area contributed by atoms with Crippen molar-refractivity contribution in [1.82, 2.24) is 0 Å². The van der Waals surface area contributed by atoms with Gasteiger partial charge < -0.3 is 14.8 Å². The Kier molecular flexibility index (Phi) is 3.12. The molecule has 0 spiro atoms. The van der Waals surface area contributed by atoms with Crippen molar-refractivity contribution in [3.05, 3.63) is 58.1 Å². The molecule has 1 heterocycles. The molecule has 20 heavy (non-hydrogen) atoms. The van der Waals surface area contributed by atoms with Gasteiger partial charge >= 0.3 is 0 Å². The lowest BCUT2D eigenvalue weighted by molar-refractivity contribution is -0.384. The van der Waals surface area contributed by atoms with Crippen molar-refractivity contribution in [1.29, 1.82) is 0 Å². The van der Waals surface area contributed by atoms with Crippen LogP contribution in [0.5, 0.6) is 11.5 Å². The van der Waals surface area contributed by atoms with Crippen LogP contribution in [0.3, 0.4) is 0 Å². The van der Waals surface area contributed by atoms with Crippen molar-refractivity contribution in [3.63, 3.8) is 0 Å². The topological polar surface area (TPSA) is 73.6 Å². The molecule has 1 N–H and O–H groups in total. The number of hydrogen-bond donors (Lipinski definition) is 1. The van der Waals surface area contributed by atoms with E-state index in [4.69, 9.17) is 9.47 Å². The maximum absolute atomic E-state index is 11.1. The molecule has 0 bridgehead atoms. The standard InChI is InChI=1S/C14H12N2O4/c17-16(18)12-7-14-13(19-9-20-14)6-11(12)15-8-10-4-2-1-3-5-10/h1-7,15H,8-9H2. The molecule has 6 heteroatoms. The van der Waals surface area contributed by atoms with Crippen molar-refractivity contribution in [3.8, 4) is 11.5 Å². The highest BCUT2D eigenvalue weighted by Gasteiger charge is 2.23. The lowest BCUT2D eigenvalue weighted by Gasteiger charge is -2.08. The minimum atomic E-state index is -0.435. The zero-order valence-corrected chi connectivity index (χ0v) is 10.5. The number of nitrogens with one attached hydrogen (secondary N) is 1. The second-order valence-electron chi connectivity index (χ2n) is 4.32. The smallest absolute Gasteiger partial charge is 0.296 e. The summed E-state index contributed by atoms with van der Waals surface area (Å²) in [5.74, 6) is 0.924. The number of nitro benzene ring substituents is 1. The van der Waals surface area contributed by atoms with E-state index < -0.39 is 4.92 Å². The zero-order chi connectivity index (χ0) is 13.9. The first-order valence-electron chi connectivity index (χ1n) is 6.10. The molecule has 0 saturated heterocycles. The molecular formula is C14H12N2O4. The van der Waals surface area contributed by atoms with Gasteiger partial charge in [-0.1, -0.05) is 30.3 Å². The Morgan fingerprint density at radius 2 is 1.85 bits per heavy atom. The molecule has 0 amide bonds. The van der Waals surface area contributed by atoms with Gasteiger partial charge in [-0.15, -0.1) is 0 Å². The molecule has 0 radical (unpaired) electrons. The number of fused-ring (bicyclic) bond motifs is 1. The van der Waals surface area contributed by atoms with Crippen molar-refractivity contribution in [2.45, 2.75) is 6.54 Å². The molecular weight excluding hydrogens is 260 g/mol. The maximum Gasteiger partial charge on any atom is 0.296 e. The van der Waals surface area contributed by atoms with Crippen LogP contribution in [0.25, 0.3) is 0 Å². The van der Waals surface area contributed by atoms with Crippen LogP contribution in [0.4, 0.5) is 11.4 Å². The van der Waals surface area contributed by atoms with Gasteiger partial charge in [0.15, 0.2) is 11.5 Å². The van der Waals surface area contributed by atoms with Crippen LogP contribution in [0.2, 0.25) is 0 Å². The first-order valence-corrected chi connectivity index (χ1v) is 6.10. The normalized spacial score (nSPS) is 12.2. The number of nitrogens with zero attached hydrogens (tertiary/aromatic N) is 1. The van der Waals surface area contributed by atoms with E-state index in [2.05, 4.69) is 5.32 Å². The van der Waals surface area contributed by atoms with Gasteiger partial charge in [-0.25, -0.2) is 0 Å². The van der Waals surface area contributed by atoms with Crippen LogP contribution >= 0.6 is 0 Å². The first kappa shape index (κ1) is 12.3. The summed E-state index contributed by atoms with van der Waals surface area (Å²) in [4.78, 5) is 10.7. The summed E-state index contributed by atoms with van der Waals surface area (Å²) in [6, 6.07) is 12.7. The fourth-order valence-corrected chi connectivity index (χ4v) is 2.02. The fraction of sp³-hybridized carbons (Fsp3) is 0.143. The van der Waals surface area contributed by atoms with Gasteiger partial charge in [0.05, 0.1) is 11.0 Å². The summed E-state index contributed by atoms with van der Waals surface area (Å²) in [6.07, 6.45) is 0. The third-order valence-electron chi connectivity index (χ3n) is 3.01. The predicted molar refractivity (Wildman–Crippen MR) is 73.0 cm³/mol. The second kappa shape index (κ2) is 5.08. The molecule has 0 aromatic heterocycles. The molecule has 0 fully saturated rings. The highest BCUT2D eigenvalue weighted by Crippen LogP contribution is 2.40. The monoisotopic (exact) mass is 272 g/mol. The minimum Gasteiger partial charge on any atom is -0.454 e. The molecule has 102 valence electrons. The maximum atomic E-state index is 11.1. The number of benzene rings is 2. The quantitative estimate of drug-likeness (QED) is 0.684. The summed E-state index contributed by atoms with van der Waals surface area (Å²) in [6.45, 7) is 0.593. The number of rotatable bonds is 4. The SMILES string of the molecule is O=[N+]([O-])c1cc2c(cc1NCc1ccccc1)OCO2. The molecule has 0 unspecified atom stereocenters. The van der Waals surface area contributed by atoms with Gasteiger partial charge in [0.25, 0.3) is 5.69 Å². The number of ether oxygens (including phenoxy) is 2. The Morgan fingerprint density at radius 1 is 1.15 bits per heavy atom. The Hall–Kier alpha value is -2.76. The van der Waals surface area contributed by atoms with E-state index in [1.807, 2.05) is 30.3 Å². The average Bonchev–Trinajstić information content (AvgIpc) is 2.92. The van der Waals surface area contributed by atoms with Gasteiger partial charge in [0.1, 0.15) is 5.69 Å². The van der Waals surface area contributed by atoms with E-state index in [9.17, 15) is 10.1 Å². The van der Waals surface area contributed by atoms with Crippen molar-refractivity contribution < 1.29 is 14.4 Å². The summed E-state index contributed by atoms with van der Waals surface area (Å²) >= 11 is 0. The van der Waals surface area contributed by atoms with Gasteiger partial charge in [-0.05, 0) is 5.56 Å². The predicted octanol–water partition coefficient (Wildman–Crippen LogP) is 2.94. The molecule has 0 saturated carbocycles. The van der Waals surface area contributed by atoms with Crippen molar-refractivity contribution in [2.75, 3.05) is 12.1 Å².